The van der Waals surface area contributed by atoms with Crippen LogP contribution in [0.1, 0.15) is 45.8 Å². The van der Waals surface area contributed by atoms with Gasteiger partial charge in [-0.15, -0.1) is 0 Å². The van der Waals surface area contributed by atoms with E-state index in [-0.39, 0.29) is 11.7 Å². The van der Waals surface area contributed by atoms with Crippen molar-refractivity contribution in [2.24, 2.45) is 0 Å². The zero-order valence-electron chi connectivity index (χ0n) is 18.1. The minimum atomic E-state index is -0.410. The number of methoxy groups -OCH3 is 1. The largest absolute Gasteiger partial charge is 0.497 e. The highest BCUT2D eigenvalue weighted by Gasteiger charge is 2.19. The molecule has 2 amide bonds. The molecule has 0 radical (unpaired) electrons. The summed E-state index contributed by atoms with van der Waals surface area (Å²) in [6.07, 6.45) is 3.01. The summed E-state index contributed by atoms with van der Waals surface area (Å²) in [5.74, 6) is 0.282. The lowest BCUT2D eigenvalue weighted by atomic mass is 10.00. The molecule has 1 unspecified atom stereocenters. The van der Waals surface area contributed by atoms with Crippen LogP contribution in [0.4, 0.5) is 0 Å². The third-order valence-electron chi connectivity index (χ3n) is 4.92. The van der Waals surface area contributed by atoms with Crippen LogP contribution in [0.25, 0.3) is 6.08 Å². The molecule has 1 aromatic heterocycles. The van der Waals surface area contributed by atoms with E-state index in [1.54, 1.807) is 43.5 Å². The summed E-state index contributed by atoms with van der Waals surface area (Å²) in [5.41, 5.74) is 3.71. The Morgan fingerprint density at radius 2 is 1.81 bits per heavy atom. The number of hydrogen-bond acceptors (Lipinski definition) is 4. The Bertz CT molecular complexity index is 1080. The quantitative estimate of drug-likeness (QED) is 0.552. The van der Waals surface area contributed by atoms with Crippen molar-refractivity contribution in [2.45, 2.75) is 26.8 Å². The molecule has 0 saturated carbocycles. The summed E-state index contributed by atoms with van der Waals surface area (Å²) in [5, 5.41) is 5.67. The third-order valence-corrected chi connectivity index (χ3v) is 4.92. The second kappa shape index (κ2) is 9.80. The minimum Gasteiger partial charge on any atom is -0.497 e. The molecule has 31 heavy (non-hydrogen) atoms. The number of aryl methyl sites for hydroxylation is 2. The van der Waals surface area contributed by atoms with Crippen molar-refractivity contribution in [1.82, 2.24) is 10.6 Å². The fourth-order valence-corrected chi connectivity index (χ4v) is 3.19. The van der Waals surface area contributed by atoms with E-state index in [1.165, 1.54) is 12.3 Å². The molecular formula is C25H26N2O4. The van der Waals surface area contributed by atoms with Gasteiger partial charge in [0.1, 0.15) is 17.2 Å². The molecule has 0 aliphatic heterocycles. The Balaban J connectivity index is 1.82. The van der Waals surface area contributed by atoms with Crippen molar-refractivity contribution < 1.29 is 18.7 Å². The van der Waals surface area contributed by atoms with Crippen LogP contribution >= 0.6 is 0 Å². The molecule has 0 bridgehead atoms. The number of amides is 2. The topological polar surface area (TPSA) is 80.6 Å². The van der Waals surface area contributed by atoms with E-state index >= 15 is 0 Å². The summed E-state index contributed by atoms with van der Waals surface area (Å²) in [6, 6.07) is 15.9. The average molecular weight is 418 g/mol. The Kier molecular flexibility index (Phi) is 6.92. The van der Waals surface area contributed by atoms with E-state index in [4.69, 9.17) is 9.15 Å². The number of hydrogen-bond donors (Lipinski definition) is 2. The van der Waals surface area contributed by atoms with E-state index in [9.17, 15) is 9.59 Å². The fourth-order valence-electron chi connectivity index (χ4n) is 3.19. The number of carbonyl (C=O) groups excluding carboxylic acids is 2. The van der Waals surface area contributed by atoms with Gasteiger partial charge in [0.05, 0.1) is 19.4 Å². The smallest absolute Gasteiger partial charge is 0.268 e. The summed E-state index contributed by atoms with van der Waals surface area (Å²) < 4.78 is 10.5. The zero-order valence-corrected chi connectivity index (χ0v) is 18.1. The Morgan fingerprint density at radius 1 is 1.06 bits per heavy atom. The van der Waals surface area contributed by atoms with Gasteiger partial charge in [0.15, 0.2) is 0 Å². The van der Waals surface area contributed by atoms with Gasteiger partial charge in [-0.3, -0.25) is 9.59 Å². The Labute approximate surface area is 181 Å². The van der Waals surface area contributed by atoms with Crippen LogP contribution < -0.4 is 15.4 Å². The lowest BCUT2D eigenvalue weighted by Crippen LogP contribution is -2.36. The van der Waals surface area contributed by atoms with Crippen molar-refractivity contribution in [3.05, 3.63) is 94.6 Å². The van der Waals surface area contributed by atoms with Gasteiger partial charge in [0.25, 0.3) is 11.8 Å². The number of nitrogens with one attached hydrogen (secondary N) is 2. The third kappa shape index (κ3) is 5.63. The van der Waals surface area contributed by atoms with Crippen molar-refractivity contribution in [3.8, 4) is 5.75 Å². The SMILES string of the molecule is COc1ccc(C(=O)N/C(=C\c2ccco2)C(=O)NC(C)c2cc(C)ccc2C)cc1. The van der Waals surface area contributed by atoms with E-state index in [0.717, 1.165) is 16.7 Å². The maximum absolute atomic E-state index is 13.1. The van der Waals surface area contributed by atoms with Gasteiger partial charge in [-0.2, -0.15) is 0 Å². The Morgan fingerprint density at radius 3 is 2.45 bits per heavy atom. The molecule has 0 spiro atoms. The van der Waals surface area contributed by atoms with Crippen molar-refractivity contribution in [1.29, 1.82) is 0 Å². The predicted octanol–water partition coefficient (Wildman–Crippen LogP) is 4.55. The van der Waals surface area contributed by atoms with E-state index in [0.29, 0.717) is 17.1 Å². The highest BCUT2D eigenvalue weighted by Crippen LogP contribution is 2.20. The standard InChI is InChI=1S/C25H26N2O4/c1-16-7-8-17(2)22(14-16)18(3)26-25(29)23(15-21-6-5-13-31-21)27-24(28)19-9-11-20(30-4)12-10-19/h5-15,18H,1-4H3,(H,26,29)(H,27,28)/b23-15-. The van der Waals surface area contributed by atoms with Crippen LogP contribution in [0, 0.1) is 13.8 Å². The molecule has 6 nitrogen and oxygen atoms in total. The van der Waals surface area contributed by atoms with E-state index < -0.39 is 11.8 Å². The molecule has 0 saturated heterocycles. The molecule has 2 N–H and O–H groups in total. The predicted molar refractivity (Wildman–Crippen MR) is 120 cm³/mol. The molecule has 6 heteroatoms. The average Bonchev–Trinajstić information content (AvgIpc) is 3.28. The lowest BCUT2D eigenvalue weighted by molar-refractivity contribution is -0.118. The fraction of sp³-hybridized carbons (Fsp3) is 0.200. The lowest BCUT2D eigenvalue weighted by Gasteiger charge is -2.19. The molecule has 0 aliphatic rings. The summed E-state index contributed by atoms with van der Waals surface area (Å²) >= 11 is 0. The van der Waals surface area contributed by atoms with Crippen molar-refractivity contribution in [3.63, 3.8) is 0 Å². The second-order valence-electron chi connectivity index (χ2n) is 7.31. The normalized spacial score (nSPS) is 12.2. The van der Waals surface area contributed by atoms with Gasteiger partial charge < -0.3 is 19.8 Å². The number of ether oxygens (including phenoxy) is 1. The zero-order chi connectivity index (χ0) is 22.4. The molecule has 160 valence electrons. The molecule has 3 aromatic rings. The van der Waals surface area contributed by atoms with E-state index in [2.05, 4.69) is 10.6 Å². The van der Waals surface area contributed by atoms with Crippen LogP contribution in [-0.2, 0) is 4.79 Å². The highest BCUT2D eigenvalue weighted by molar-refractivity contribution is 6.05. The van der Waals surface area contributed by atoms with Crippen LogP contribution in [-0.4, -0.2) is 18.9 Å². The number of carbonyl (C=O) groups is 2. The van der Waals surface area contributed by atoms with Crippen LogP contribution in [0.15, 0.2) is 71.0 Å². The number of rotatable bonds is 7. The van der Waals surface area contributed by atoms with E-state index in [1.807, 2.05) is 39.0 Å². The van der Waals surface area contributed by atoms with Gasteiger partial charge in [-0.05, 0) is 68.3 Å². The molecule has 1 atom stereocenters. The van der Waals surface area contributed by atoms with Crippen LogP contribution in [0.2, 0.25) is 0 Å². The first kappa shape index (κ1) is 21.9. The first-order valence-corrected chi connectivity index (χ1v) is 9.96. The molecule has 2 aromatic carbocycles. The first-order valence-electron chi connectivity index (χ1n) is 9.96. The van der Waals surface area contributed by atoms with Crippen LogP contribution in [0.3, 0.4) is 0 Å². The number of benzene rings is 2. The van der Waals surface area contributed by atoms with Crippen LogP contribution in [0.5, 0.6) is 5.75 Å². The number of furan rings is 1. The molecular weight excluding hydrogens is 392 g/mol. The van der Waals surface area contributed by atoms with Crippen molar-refractivity contribution >= 4 is 17.9 Å². The maximum atomic E-state index is 13.1. The monoisotopic (exact) mass is 418 g/mol. The first-order chi connectivity index (χ1) is 14.9. The molecule has 3 rings (SSSR count). The molecule has 0 fully saturated rings. The summed E-state index contributed by atoms with van der Waals surface area (Å²) in [7, 11) is 1.56. The van der Waals surface area contributed by atoms with Gasteiger partial charge in [0.2, 0.25) is 0 Å². The molecule has 0 aliphatic carbocycles. The van der Waals surface area contributed by atoms with Gasteiger partial charge in [0, 0.05) is 11.6 Å². The molecule has 1 heterocycles. The van der Waals surface area contributed by atoms with Gasteiger partial charge in [-0.1, -0.05) is 23.8 Å². The second-order valence-corrected chi connectivity index (χ2v) is 7.31. The van der Waals surface area contributed by atoms with Gasteiger partial charge >= 0.3 is 0 Å². The summed E-state index contributed by atoms with van der Waals surface area (Å²) in [4.78, 5) is 25.8. The summed E-state index contributed by atoms with van der Waals surface area (Å²) in [6.45, 7) is 5.92. The maximum Gasteiger partial charge on any atom is 0.268 e. The highest BCUT2D eigenvalue weighted by atomic mass is 16.5. The Hall–Kier alpha value is -3.80. The minimum absolute atomic E-state index is 0.0907. The van der Waals surface area contributed by atoms with Gasteiger partial charge in [-0.25, -0.2) is 0 Å². The van der Waals surface area contributed by atoms with Crippen molar-refractivity contribution in [2.75, 3.05) is 7.11 Å².